The Morgan fingerprint density at radius 1 is 0.541 bits per heavy atom. The molecule has 1 saturated carbocycles. The van der Waals surface area contributed by atoms with Gasteiger partial charge in [0, 0.05) is 73.2 Å². The Hall–Kier alpha value is -8.13. The average Bonchev–Trinajstić information content (AvgIpc) is 4.12. The first-order valence-electron chi connectivity index (χ1n) is 29.8. The molecular formula is C66H73N11O6S2. The number of benzene rings is 4. The first-order valence-corrected chi connectivity index (χ1v) is 31.4. The van der Waals surface area contributed by atoms with Crippen LogP contribution in [0.5, 0.6) is 0 Å². The topological polar surface area (TPSA) is 195 Å². The van der Waals surface area contributed by atoms with Crippen molar-refractivity contribution in [2.75, 3.05) is 79.3 Å². The number of carbonyl (C=O) groups is 5. The zero-order valence-electron chi connectivity index (χ0n) is 48.9. The van der Waals surface area contributed by atoms with Crippen LogP contribution in [0.1, 0.15) is 97.2 Å². The van der Waals surface area contributed by atoms with E-state index in [1.54, 1.807) is 22.7 Å². The average molecular weight is 1180 g/mol. The van der Waals surface area contributed by atoms with Gasteiger partial charge in [-0.1, -0.05) is 105 Å². The van der Waals surface area contributed by atoms with Gasteiger partial charge in [0.15, 0.2) is 0 Å². The second-order valence-corrected chi connectivity index (χ2v) is 25.3. The third-order valence-corrected chi connectivity index (χ3v) is 18.5. The van der Waals surface area contributed by atoms with Crippen molar-refractivity contribution in [2.45, 2.75) is 91.2 Å². The molecule has 0 spiro atoms. The van der Waals surface area contributed by atoms with E-state index >= 15 is 0 Å². The minimum Gasteiger partial charge on any atom is -0.460 e. The van der Waals surface area contributed by atoms with Gasteiger partial charge in [-0.25, -0.2) is 9.97 Å². The lowest BCUT2D eigenvalue weighted by Crippen LogP contribution is -2.49. The molecule has 1 aliphatic carbocycles. The number of nitrogens with one attached hydrogen (secondary N) is 3. The lowest BCUT2D eigenvalue weighted by atomic mass is 9.95. The molecule has 12 rings (SSSR count). The summed E-state index contributed by atoms with van der Waals surface area (Å²) in [5.74, 6) is 0.602. The molecule has 0 radical (unpaired) electrons. The molecule has 85 heavy (non-hydrogen) atoms. The van der Waals surface area contributed by atoms with Crippen molar-refractivity contribution in [3.63, 3.8) is 0 Å². The van der Waals surface area contributed by atoms with Crippen LogP contribution < -0.4 is 25.8 Å². The molecule has 3 atom stereocenters. The van der Waals surface area contributed by atoms with Crippen LogP contribution in [0.2, 0.25) is 0 Å². The first kappa shape index (κ1) is 58.6. The summed E-state index contributed by atoms with van der Waals surface area (Å²) in [5, 5.41) is 11.1. The van der Waals surface area contributed by atoms with Crippen molar-refractivity contribution in [3.8, 4) is 22.3 Å². The maximum absolute atomic E-state index is 13.5. The van der Waals surface area contributed by atoms with Crippen LogP contribution in [0.4, 0.5) is 23.5 Å². The molecule has 4 aromatic carbocycles. The fourth-order valence-electron chi connectivity index (χ4n) is 11.6. The molecule has 4 amide bonds. The quantitative estimate of drug-likeness (QED) is 0.0924. The number of aromatic nitrogens is 4. The Morgan fingerprint density at radius 3 is 1.40 bits per heavy atom. The van der Waals surface area contributed by atoms with Gasteiger partial charge in [-0.15, -0.1) is 22.7 Å². The molecule has 7 heterocycles. The van der Waals surface area contributed by atoms with Gasteiger partial charge in [0.1, 0.15) is 26.9 Å². The highest BCUT2D eigenvalue weighted by Gasteiger charge is 2.41. The third kappa shape index (κ3) is 13.7. The van der Waals surface area contributed by atoms with Crippen LogP contribution >= 0.6 is 22.7 Å². The molecule has 3 aliphatic heterocycles. The Balaban J connectivity index is 0.000000179. The van der Waals surface area contributed by atoms with Crippen LogP contribution in [-0.4, -0.2) is 130 Å². The van der Waals surface area contributed by atoms with E-state index in [9.17, 15) is 24.0 Å². The van der Waals surface area contributed by atoms with E-state index in [4.69, 9.17) is 19.7 Å². The van der Waals surface area contributed by atoms with E-state index in [1.807, 2.05) is 116 Å². The van der Waals surface area contributed by atoms with Crippen molar-refractivity contribution < 1.29 is 28.7 Å². The Labute approximate surface area is 504 Å². The molecule has 1 unspecified atom stereocenters. The normalized spacial score (nSPS) is 18.1. The molecule has 4 aliphatic rings. The Morgan fingerprint density at radius 2 is 0.976 bits per heavy atom. The number of rotatable bonds is 13. The molecule has 8 aromatic rings. The maximum Gasteiger partial charge on any atom is 0.310 e. The summed E-state index contributed by atoms with van der Waals surface area (Å²) in [6.07, 6.45) is 5.64. The smallest absolute Gasteiger partial charge is 0.310 e. The van der Waals surface area contributed by atoms with Crippen molar-refractivity contribution in [1.82, 2.24) is 35.1 Å². The van der Waals surface area contributed by atoms with Crippen LogP contribution in [0.3, 0.4) is 0 Å². The molecule has 0 bridgehead atoms. The SMILES string of the molecule is CCc1cc2c(N3CCN(C(=O)c4ccc(-c5ccccc5)cc4)CC3)nc(NC(=O)[C@@H]3CCCC3C(=O)OC(C)(C)C)nc2s1.CCc1cc2c(N3CCN(C(=O)c4ccc(-c5ccccc5)cc4)CC3)nc(NC(=O)[C@@H]3CCCN3)nc2s1. The van der Waals surface area contributed by atoms with Gasteiger partial charge >= 0.3 is 5.97 Å². The van der Waals surface area contributed by atoms with E-state index in [0.717, 1.165) is 93.0 Å². The van der Waals surface area contributed by atoms with Gasteiger partial charge in [-0.05, 0) is 124 Å². The van der Waals surface area contributed by atoms with E-state index in [1.165, 1.54) is 9.75 Å². The van der Waals surface area contributed by atoms with E-state index < -0.39 is 17.4 Å². The Kier molecular flexibility index (Phi) is 17.9. The zero-order chi connectivity index (χ0) is 59.2. The van der Waals surface area contributed by atoms with Gasteiger partial charge in [0.05, 0.1) is 28.7 Å². The summed E-state index contributed by atoms with van der Waals surface area (Å²) in [6, 6.07) is 40.0. The fraction of sp³-hybridized carbons (Fsp3) is 0.379. The predicted octanol–water partition coefficient (Wildman–Crippen LogP) is 11.2. The fourth-order valence-corrected chi connectivity index (χ4v) is 13.5. The van der Waals surface area contributed by atoms with Gasteiger partial charge in [-0.3, -0.25) is 34.6 Å². The van der Waals surface area contributed by atoms with E-state index in [-0.39, 0.29) is 41.6 Å². The molecule has 4 fully saturated rings. The Bertz CT molecular complexity index is 3680. The number of anilines is 4. The van der Waals surface area contributed by atoms with Crippen molar-refractivity contribution >= 4 is 96.2 Å². The summed E-state index contributed by atoms with van der Waals surface area (Å²) in [6.45, 7) is 15.4. The number of carbonyl (C=O) groups excluding carboxylic acids is 5. The summed E-state index contributed by atoms with van der Waals surface area (Å²) in [7, 11) is 0. The number of ether oxygens (including phenoxy) is 1. The summed E-state index contributed by atoms with van der Waals surface area (Å²) < 4.78 is 5.62. The van der Waals surface area contributed by atoms with Crippen molar-refractivity contribution in [2.24, 2.45) is 11.8 Å². The standard InChI is InChI=1S/C36H41N5O4S.C30H32N6O2S/c1-5-26-22-29-30(37-35(39-32(29)46-26)38-31(42)27-12-9-13-28(27)34(44)45-36(2,3)4)40-18-20-41(21-19-40)33(43)25-16-14-24(15-17-25)23-10-7-6-8-11-23;1-2-23-19-24-26(32-30(34-28(24)39-23)33-27(37)25-9-6-14-31-25)35-15-17-36(18-16-35)29(38)22-12-10-21(11-13-22)20-7-4-3-5-8-20/h6-8,10-11,14-17,22,27-28H,5,9,12-13,18-21H2,1-4H3,(H,37,38,39,42);3-5,7-8,10-13,19,25,31H,2,6,9,14-18H2,1H3,(H,32,33,34,37)/t27-,28?;25-/m10/s1. The summed E-state index contributed by atoms with van der Waals surface area (Å²) in [4.78, 5) is 97.1. The largest absolute Gasteiger partial charge is 0.460 e. The van der Waals surface area contributed by atoms with Crippen LogP contribution in [-0.2, 0) is 32.0 Å². The number of hydrogen-bond donors (Lipinski definition) is 3. The molecule has 17 nitrogen and oxygen atoms in total. The summed E-state index contributed by atoms with van der Waals surface area (Å²) >= 11 is 3.24. The highest BCUT2D eigenvalue weighted by Crippen LogP contribution is 2.38. The number of esters is 1. The minimum absolute atomic E-state index is 0.0138. The molecule has 19 heteroatoms. The number of nitrogens with zero attached hydrogens (tertiary/aromatic N) is 8. The van der Waals surface area contributed by atoms with Gasteiger partial charge in [0.2, 0.25) is 23.7 Å². The molecule has 440 valence electrons. The van der Waals surface area contributed by atoms with E-state index in [0.29, 0.717) is 82.3 Å². The second-order valence-electron chi connectivity index (χ2n) is 23.1. The lowest BCUT2D eigenvalue weighted by Gasteiger charge is -2.35. The summed E-state index contributed by atoms with van der Waals surface area (Å²) in [5.41, 5.74) is 5.19. The minimum atomic E-state index is -0.610. The molecule has 4 aromatic heterocycles. The number of aryl methyl sites for hydroxylation is 2. The number of fused-ring (bicyclic) bond motifs is 2. The van der Waals surface area contributed by atoms with Crippen molar-refractivity contribution in [1.29, 1.82) is 0 Å². The number of amides is 4. The second kappa shape index (κ2) is 26.0. The number of hydrogen-bond acceptors (Lipinski definition) is 15. The van der Waals surface area contributed by atoms with E-state index in [2.05, 4.69) is 81.0 Å². The van der Waals surface area contributed by atoms with Gasteiger partial charge in [-0.2, -0.15) is 9.97 Å². The zero-order valence-corrected chi connectivity index (χ0v) is 50.6. The first-order chi connectivity index (χ1) is 41.2. The third-order valence-electron chi connectivity index (χ3n) is 16.2. The van der Waals surface area contributed by atoms with Crippen LogP contribution in [0.15, 0.2) is 121 Å². The predicted molar refractivity (Wildman–Crippen MR) is 339 cm³/mol. The number of piperazine rings is 2. The van der Waals surface area contributed by atoms with Crippen LogP contribution in [0, 0.1) is 11.8 Å². The molecule has 3 N–H and O–H groups in total. The molecular weight excluding hydrogens is 1110 g/mol. The molecule has 3 saturated heterocycles. The highest BCUT2D eigenvalue weighted by molar-refractivity contribution is 7.19. The number of thiophene rings is 2. The monoisotopic (exact) mass is 1180 g/mol. The van der Waals surface area contributed by atoms with Crippen LogP contribution in [0.25, 0.3) is 42.7 Å². The highest BCUT2D eigenvalue weighted by atomic mass is 32.1. The maximum atomic E-state index is 13.5. The lowest BCUT2D eigenvalue weighted by molar-refractivity contribution is -0.162. The van der Waals surface area contributed by atoms with Crippen molar-refractivity contribution in [3.05, 3.63) is 142 Å². The van der Waals surface area contributed by atoms with Gasteiger partial charge < -0.3 is 29.7 Å². The van der Waals surface area contributed by atoms with Gasteiger partial charge in [0.25, 0.3) is 11.8 Å².